The van der Waals surface area contributed by atoms with E-state index in [1.165, 1.54) is 5.38 Å². The van der Waals surface area contributed by atoms with Crippen molar-refractivity contribution in [2.75, 3.05) is 6.54 Å². The van der Waals surface area contributed by atoms with Gasteiger partial charge in [-0.3, -0.25) is 9.59 Å². The quantitative estimate of drug-likeness (QED) is 0.704. The number of nitrogens with one attached hydrogen (secondary N) is 2. The fourth-order valence-corrected chi connectivity index (χ4v) is 1.94. The van der Waals surface area contributed by atoms with Gasteiger partial charge in [-0.05, 0) is 13.8 Å². The number of aromatic nitrogens is 1. The smallest absolute Gasteiger partial charge is 0.355 e. The van der Waals surface area contributed by atoms with Crippen LogP contribution in [0.1, 0.15) is 40.6 Å². The van der Waals surface area contributed by atoms with Crippen molar-refractivity contribution < 1.29 is 19.5 Å². The van der Waals surface area contributed by atoms with E-state index in [2.05, 4.69) is 15.6 Å². The number of nitrogens with zero attached hydrogens (tertiary/aromatic N) is 1. The van der Waals surface area contributed by atoms with Crippen LogP contribution < -0.4 is 10.6 Å². The highest BCUT2D eigenvalue weighted by Gasteiger charge is 2.14. The lowest BCUT2D eigenvalue weighted by molar-refractivity contribution is -0.121. The molecule has 0 unspecified atom stereocenters. The molecule has 0 saturated carbocycles. The van der Waals surface area contributed by atoms with E-state index >= 15 is 0 Å². The van der Waals surface area contributed by atoms with Crippen LogP contribution in [0.15, 0.2) is 5.38 Å². The molecule has 0 aliphatic carbocycles. The third-order valence-electron chi connectivity index (χ3n) is 2.00. The highest BCUT2D eigenvalue weighted by Crippen LogP contribution is 2.09. The molecule has 104 valence electrons. The highest BCUT2D eigenvalue weighted by molar-refractivity contribution is 7.11. The number of hydrogen-bond acceptors (Lipinski definition) is 5. The molecule has 0 atom stereocenters. The Kier molecular flexibility index (Phi) is 5.43. The van der Waals surface area contributed by atoms with Gasteiger partial charge < -0.3 is 15.7 Å². The zero-order chi connectivity index (χ0) is 14.4. The number of rotatable bonds is 6. The van der Waals surface area contributed by atoms with Crippen molar-refractivity contribution in [3.05, 3.63) is 16.1 Å². The second kappa shape index (κ2) is 6.83. The lowest BCUT2D eigenvalue weighted by atomic mass is 10.3. The van der Waals surface area contributed by atoms with Gasteiger partial charge in [0.15, 0.2) is 10.7 Å². The topological polar surface area (TPSA) is 108 Å². The average molecular weight is 285 g/mol. The number of carboxylic acids is 1. The van der Waals surface area contributed by atoms with Crippen LogP contribution in [0.25, 0.3) is 0 Å². The van der Waals surface area contributed by atoms with Crippen molar-refractivity contribution in [2.45, 2.75) is 26.3 Å². The number of carboxylic acid groups (broad SMARTS) is 1. The normalized spacial score (nSPS) is 10.3. The van der Waals surface area contributed by atoms with Crippen LogP contribution in [0.4, 0.5) is 0 Å². The van der Waals surface area contributed by atoms with Crippen LogP contribution in [0, 0.1) is 0 Å². The fourth-order valence-electron chi connectivity index (χ4n) is 1.24. The molecule has 0 aromatic carbocycles. The van der Waals surface area contributed by atoms with Gasteiger partial charge in [0.1, 0.15) is 0 Å². The third-order valence-corrected chi connectivity index (χ3v) is 2.85. The van der Waals surface area contributed by atoms with E-state index in [0.717, 1.165) is 11.3 Å². The summed E-state index contributed by atoms with van der Waals surface area (Å²) >= 11 is 0.951. The van der Waals surface area contributed by atoms with Gasteiger partial charge in [0.2, 0.25) is 5.91 Å². The average Bonchev–Trinajstić information content (AvgIpc) is 2.76. The zero-order valence-corrected chi connectivity index (χ0v) is 11.4. The number of amides is 2. The van der Waals surface area contributed by atoms with E-state index < -0.39 is 11.9 Å². The lowest BCUT2D eigenvalue weighted by Crippen LogP contribution is -2.34. The summed E-state index contributed by atoms with van der Waals surface area (Å²) in [6, 6.07) is 0.0558. The van der Waals surface area contributed by atoms with Gasteiger partial charge in [-0.1, -0.05) is 0 Å². The largest absolute Gasteiger partial charge is 0.476 e. The Bertz CT molecular complexity index is 484. The van der Waals surface area contributed by atoms with Crippen molar-refractivity contribution in [1.29, 1.82) is 0 Å². The molecule has 1 aromatic heterocycles. The lowest BCUT2D eigenvalue weighted by Gasteiger charge is -2.08. The summed E-state index contributed by atoms with van der Waals surface area (Å²) in [7, 11) is 0. The first-order valence-corrected chi connectivity index (χ1v) is 6.54. The van der Waals surface area contributed by atoms with Crippen molar-refractivity contribution >= 4 is 29.1 Å². The highest BCUT2D eigenvalue weighted by atomic mass is 32.1. The van der Waals surface area contributed by atoms with Gasteiger partial charge in [-0.2, -0.15) is 0 Å². The van der Waals surface area contributed by atoms with Crippen LogP contribution in [-0.2, 0) is 4.79 Å². The Balaban J connectivity index is 2.39. The molecular weight excluding hydrogens is 270 g/mol. The van der Waals surface area contributed by atoms with Gasteiger partial charge in [0.25, 0.3) is 5.91 Å². The maximum absolute atomic E-state index is 11.6. The Hall–Kier alpha value is -1.96. The number of hydrogen-bond donors (Lipinski definition) is 3. The van der Waals surface area contributed by atoms with E-state index in [1.54, 1.807) is 0 Å². The molecule has 0 fully saturated rings. The fraction of sp³-hybridized carbons (Fsp3) is 0.455. The van der Waals surface area contributed by atoms with Crippen LogP contribution in [-0.4, -0.2) is 40.5 Å². The molecule has 1 rings (SSSR count). The maximum atomic E-state index is 11.6. The second-order valence-electron chi connectivity index (χ2n) is 4.07. The summed E-state index contributed by atoms with van der Waals surface area (Å²) in [4.78, 5) is 37.2. The van der Waals surface area contributed by atoms with Crippen LogP contribution in [0.3, 0.4) is 0 Å². The SMILES string of the molecule is CC(C)NC(=O)CCNC(=O)c1nc(C(=O)O)cs1. The first-order chi connectivity index (χ1) is 8.90. The summed E-state index contributed by atoms with van der Waals surface area (Å²) < 4.78 is 0. The number of carbonyl (C=O) groups excluding carboxylic acids is 2. The predicted molar refractivity (Wildman–Crippen MR) is 69.3 cm³/mol. The molecule has 7 nitrogen and oxygen atoms in total. The van der Waals surface area contributed by atoms with E-state index in [4.69, 9.17) is 5.11 Å². The Morgan fingerprint density at radius 1 is 1.42 bits per heavy atom. The molecular formula is C11H15N3O4S. The number of thiazole rings is 1. The van der Waals surface area contributed by atoms with Gasteiger partial charge in [-0.15, -0.1) is 11.3 Å². The van der Waals surface area contributed by atoms with E-state index in [9.17, 15) is 14.4 Å². The number of carbonyl (C=O) groups is 3. The molecule has 0 saturated heterocycles. The summed E-state index contributed by atoms with van der Waals surface area (Å²) in [5.74, 6) is -1.80. The Labute approximate surface area is 114 Å². The predicted octanol–water partition coefficient (Wildman–Crippen LogP) is 0.486. The van der Waals surface area contributed by atoms with Crippen molar-refractivity contribution in [1.82, 2.24) is 15.6 Å². The molecule has 0 spiro atoms. The molecule has 3 N–H and O–H groups in total. The van der Waals surface area contributed by atoms with Crippen LogP contribution >= 0.6 is 11.3 Å². The summed E-state index contributed by atoms with van der Waals surface area (Å²) in [5, 5.41) is 15.2. The monoisotopic (exact) mass is 285 g/mol. The molecule has 1 heterocycles. The molecule has 8 heteroatoms. The van der Waals surface area contributed by atoms with Crippen molar-refractivity contribution in [3.8, 4) is 0 Å². The molecule has 0 bridgehead atoms. The molecule has 1 aromatic rings. The van der Waals surface area contributed by atoms with E-state index in [1.807, 2.05) is 13.8 Å². The van der Waals surface area contributed by atoms with Crippen LogP contribution in [0.5, 0.6) is 0 Å². The van der Waals surface area contributed by atoms with Crippen molar-refractivity contribution in [3.63, 3.8) is 0 Å². The summed E-state index contributed by atoms with van der Waals surface area (Å²) in [6.07, 6.45) is 0.168. The molecule has 0 aliphatic heterocycles. The summed E-state index contributed by atoms with van der Waals surface area (Å²) in [5.41, 5.74) is -0.160. The molecule has 0 aliphatic rings. The second-order valence-corrected chi connectivity index (χ2v) is 4.93. The minimum absolute atomic E-state index is 0.0558. The molecule has 19 heavy (non-hydrogen) atoms. The minimum atomic E-state index is -1.17. The Morgan fingerprint density at radius 2 is 2.11 bits per heavy atom. The summed E-state index contributed by atoms with van der Waals surface area (Å²) in [6.45, 7) is 3.87. The molecule has 0 radical (unpaired) electrons. The van der Waals surface area contributed by atoms with Crippen molar-refractivity contribution in [2.24, 2.45) is 0 Å². The standard InChI is InChI=1S/C11H15N3O4S/c1-6(2)13-8(15)3-4-12-9(16)10-14-7(5-19-10)11(17)18/h5-6H,3-4H2,1-2H3,(H,12,16)(H,13,15)(H,17,18). The van der Waals surface area contributed by atoms with E-state index in [-0.39, 0.29) is 35.6 Å². The zero-order valence-electron chi connectivity index (χ0n) is 10.6. The molecule has 2 amide bonds. The maximum Gasteiger partial charge on any atom is 0.355 e. The van der Waals surface area contributed by atoms with Gasteiger partial charge in [-0.25, -0.2) is 9.78 Å². The van der Waals surface area contributed by atoms with Gasteiger partial charge in [0, 0.05) is 24.4 Å². The first-order valence-electron chi connectivity index (χ1n) is 5.66. The Morgan fingerprint density at radius 3 is 2.63 bits per heavy atom. The van der Waals surface area contributed by atoms with Gasteiger partial charge in [0.05, 0.1) is 0 Å². The third kappa shape index (κ3) is 5.04. The first kappa shape index (κ1) is 15.1. The van der Waals surface area contributed by atoms with E-state index in [0.29, 0.717) is 0 Å². The van der Waals surface area contributed by atoms with Gasteiger partial charge >= 0.3 is 5.97 Å². The number of aromatic carboxylic acids is 1. The van der Waals surface area contributed by atoms with Crippen LogP contribution in [0.2, 0.25) is 0 Å². The minimum Gasteiger partial charge on any atom is -0.476 e.